The third kappa shape index (κ3) is 2.46. The normalized spacial score (nSPS) is 17.9. The molecule has 1 saturated carbocycles. The number of halogens is 3. The van der Waals surface area contributed by atoms with Gasteiger partial charge in [0.15, 0.2) is 0 Å². The van der Waals surface area contributed by atoms with E-state index >= 15 is 0 Å². The van der Waals surface area contributed by atoms with Gasteiger partial charge in [-0.2, -0.15) is 18.3 Å². The molecule has 0 saturated heterocycles. The van der Waals surface area contributed by atoms with E-state index in [1.165, 1.54) is 0 Å². The van der Waals surface area contributed by atoms with Crippen LogP contribution in [-0.2, 0) is 6.18 Å². The zero-order valence-corrected chi connectivity index (χ0v) is 9.48. The quantitative estimate of drug-likeness (QED) is 0.607. The lowest BCUT2D eigenvalue weighted by Gasteiger charge is -2.21. The van der Waals surface area contributed by atoms with E-state index in [1.807, 2.05) is 0 Å². The molecule has 0 amide bonds. The maximum atomic E-state index is 12.6. The predicted octanol–water partition coefficient (Wildman–Crippen LogP) is 3.32. The molecule has 0 aromatic carbocycles. The summed E-state index contributed by atoms with van der Waals surface area (Å²) >= 11 is 0. The van der Waals surface area contributed by atoms with Crippen molar-refractivity contribution >= 4 is 5.69 Å². The number of hydrogen-bond donors (Lipinski definition) is 0. The standard InChI is InChI=1S/C10H12F3N3O2/c11-10(12,13)9-8(16(17)18)6-15(14-9)7-4-2-1-3-5-7/h6-7H,1-5H2. The topological polar surface area (TPSA) is 61.0 Å². The van der Waals surface area contributed by atoms with E-state index in [-0.39, 0.29) is 6.04 Å². The fourth-order valence-electron chi connectivity index (χ4n) is 2.25. The van der Waals surface area contributed by atoms with Gasteiger partial charge in [-0.3, -0.25) is 14.8 Å². The van der Waals surface area contributed by atoms with Crippen LogP contribution in [0.3, 0.4) is 0 Å². The van der Waals surface area contributed by atoms with Crippen LogP contribution in [0.2, 0.25) is 0 Å². The molecular weight excluding hydrogens is 251 g/mol. The first-order chi connectivity index (χ1) is 8.39. The van der Waals surface area contributed by atoms with Crippen LogP contribution < -0.4 is 0 Å². The van der Waals surface area contributed by atoms with E-state index < -0.39 is 22.5 Å². The Morgan fingerprint density at radius 2 is 1.94 bits per heavy atom. The highest BCUT2D eigenvalue weighted by molar-refractivity contribution is 5.34. The molecule has 1 heterocycles. The van der Waals surface area contributed by atoms with Gasteiger partial charge < -0.3 is 0 Å². The van der Waals surface area contributed by atoms with Crippen molar-refractivity contribution < 1.29 is 18.1 Å². The maximum Gasteiger partial charge on any atom is 0.442 e. The Bertz CT molecular complexity index is 450. The molecule has 0 bridgehead atoms. The van der Waals surface area contributed by atoms with Crippen LogP contribution in [0.1, 0.15) is 43.8 Å². The highest BCUT2D eigenvalue weighted by Crippen LogP contribution is 2.37. The first-order valence-corrected chi connectivity index (χ1v) is 5.70. The molecule has 0 N–H and O–H groups in total. The summed E-state index contributed by atoms with van der Waals surface area (Å²) in [5.41, 5.74) is -2.37. The Labute approximate surface area is 101 Å². The summed E-state index contributed by atoms with van der Waals surface area (Å²) in [6.45, 7) is 0. The largest absolute Gasteiger partial charge is 0.442 e. The van der Waals surface area contributed by atoms with Gasteiger partial charge >= 0.3 is 11.9 Å². The summed E-state index contributed by atoms with van der Waals surface area (Å²) in [4.78, 5) is 9.58. The molecule has 8 heteroatoms. The summed E-state index contributed by atoms with van der Waals surface area (Å²) in [6.07, 6.45) is 0.429. The van der Waals surface area contributed by atoms with Gasteiger partial charge in [-0.25, -0.2) is 0 Å². The zero-order chi connectivity index (χ0) is 13.3. The highest BCUT2D eigenvalue weighted by Gasteiger charge is 2.43. The molecule has 0 radical (unpaired) electrons. The molecule has 1 aromatic rings. The van der Waals surface area contributed by atoms with Crippen LogP contribution in [0, 0.1) is 10.1 Å². The molecule has 2 rings (SSSR count). The average Bonchev–Trinajstić information content (AvgIpc) is 2.74. The summed E-state index contributed by atoms with van der Waals surface area (Å²) in [5.74, 6) is 0. The van der Waals surface area contributed by atoms with Gasteiger partial charge in [0.2, 0.25) is 5.69 Å². The van der Waals surface area contributed by atoms with Crippen molar-refractivity contribution in [3.8, 4) is 0 Å². The van der Waals surface area contributed by atoms with Crippen LogP contribution in [0.15, 0.2) is 6.20 Å². The monoisotopic (exact) mass is 263 g/mol. The maximum absolute atomic E-state index is 12.6. The Balaban J connectivity index is 2.35. The SMILES string of the molecule is O=[N+]([O-])c1cn(C2CCCCC2)nc1C(F)(F)F. The predicted molar refractivity (Wildman–Crippen MR) is 56.0 cm³/mol. The minimum atomic E-state index is -4.79. The molecule has 0 atom stereocenters. The van der Waals surface area contributed by atoms with Crippen molar-refractivity contribution in [1.82, 2.24) is 9.78 Å². The fourth-order valence-corrected chi connectivity index (χ4v) is 2.25. The number of aromatic nitrogens is 2. The van der Waals surface area contributed by atoms with E-state index in [1.54, 1.807) is 0 Å². The lowest BCUT2D eigenvalue weighted by Crippen LogP contribution is -2.15. The Morgan fingerprint density at radius 3 is 2.39 bits per heavy atom. The second-order valence-electron chi connectivity index (χ2n) is 4.39. The minimum Gasteiger partial charge on any atom is -0.262 e. The first-order valence-electron chi connectivity index (χ1n) is 5.70. The second kappa shape index (κ2) is 4.58. The molecule has 1 aromatic heterocycles. The molecular formula is C10H12F3N3O2. The lowest BCUT2D eigenvalue weighted by molar-refractivity contribution is -0.388. The van der Waals surface area contributed by atoms with E-state index in [4.69, 9.17) is 0 Å². The molecule has 1 aliphatic carbocycles. The van der Waals surface area contributed by atoms with Crippen molar-refractivity contribution in [3.05, 3.63) is 22.0 Å². The van der Waals surface area contributed by atoms with E-state index in [2.05, 4.69) is 5.10 Å². The van der Waals surface area contributed by atoms with Crippen LogP contribution in [-0.4, -0.2) is 14.7 Å². The van der Waals surface area contributed by atoms with Gasteiger partial charge in [0.05, 0.1) is 11.0 Å². The number of rotatable bonds is 2. The molecule has 0 unspecified atom stereocenters. The summed E-state index contributed by atoms with van der Waals surface area (Å²) in [5, 5.41) is 14.0. The summed E-state index contributed by atoms with van der Waals surface area (Å²) in [6, 6.07) is -0.159. The van der Waals surface area contributed by atoms with Crippen LogP contribution in [0.5, 0.6) is 0 Å². The van der Waals surface area contributed by atoms with E-state index in [0.717, 1.165) is 43.0 Å². The van der Waals surface area contributed by atoms with Crippen molar-refractivity contribution in [3.63, 3.8) is 0 Å². The van der Waals surface area contributed by atoms with Gasteiger partial charge in [0, 0.05) is 0 Å². The Morgan fingerprint density at radius 1 is 1.33 bits per heavy atom. The van der Waals surface area contributed by atoms with Crippen molar-refractivity contribution in [2.24, 2.45) is 0 Å². The number of alkyl halides is 3. The van der Waals surface area contributed by atoms with Gasteiger partial charge in [0.25, 0.3) is 0 Å². The smallest absolute Gasteiger partial charge is 0.262 e. The molecule has 5 nitrogen and oxygen atoms in total. The fraction of sp³-hybridized carbons (Fsp3) is 0.700. The van der Waals surface area contributed by atoms with Crippen LogP contribution in [0.25, 0.3) is 0 Å². The van der Waals surface area contributed by atoms with Crippen LogP contribution >= 0.6 is 0 Å². The highest BCUT2D eigenvalue weighted by atomic mass is 19.4. The van der Waals surface area contributed by atoms with E-state index in [0.29, 0.717) is 0 Å². The van der Waals surface area contributed by atoms with Crippen molar-refractivity contribution in [1.29, 1.82) is 0 Å². The molecule has 100 valence electrons. The number of hydrogen-bond acceptors (Lipinski definition) is 3. The number of nitrogens with zero attached hydrogens (tertiary/aromatic N) is 3. The van der Waals surface area contributed by atoms with Gasteiger partial charge in [-0.05, 0) is 12.8 Å². The molecule has 0 spiro atoms. The first kappa shape index (κ1) is 12.8. The third-order valence-corrected chi connectivity index (χ3v) is 3.13. The third-order valence-electron chi connectivity index (χ3n) is 3.13. The summed E-state index contributed by atoms with van der Waals surface area (Å²) < 4.78 is 38.9. The lowest BCUT2D eigenvalue weighted by atomic mass is 9.96. The Kier molecular flexibility index (Phi) is 3.27. The average molecular weight is 263 g/mol. The Hall–Kier alpha value is -1.60. The van der Waals surface area contributed by atoms with Gasteiger partial charge in [-0.15, -0.1) is 0 Å². The van der Waals surface area contributed by atoms with Crippen LogP contribution in [0.4, 0.5) is 18.9 Å². The molecule has 1 fully saturated rings. The van der Waals surface area contributed by atoms with Gasteiger partial charge in [0.1, 0.15) is 6.20 Å². The zero-order valence-electron chi connectivity index (χ0n) is 9.48. The molecule has 18 heavy (non-hydrogen) atoms. The molecule has 1 aliphatic rings. The second-order valence-corrected chi connectivity index (χ2v) is 4.39. The summed E-state index contributed by atoms with van der Waals surface area (Å²) in [7, 11) is 0. The molecule has 0 aliphatic heterocycles. The van der Waals surface area contributed by atoms with Crippen molar-refractivity contribution in [2.45, 2.75) is 44.3 Å². The van der Waals surface area contributed by atoms with Gasteiger partial charge in [-0.1, -0.05) is 19.3 Å². The minimum absolute atomic E-state index is 0.159. The van der Waals surface area contributed by atoms with Crippen molar-refractivity contribution in [2.75, 3.05) is 0 Å². The van der Waals surface area contributed by atoms with E-state index in [9.17, 15) is 23.3 Å². The number of nitro groups is 1.